The predicted molar refractivity (Wildman–Crippen MR) is 111 cm³/mol. The molecule has 1 N–H and O–H groups in total. The smallest absolute Gasteiger partial charge is 0.339 e. The van der Waals surface area contributed by atoms with Gasteiger partial charge in [0.15, 0.2) is 0 Å². The molecule has 1 aliphatic rings. The Morgan fingerprint density at radius 1 is 1.21 bits per heavy atom. The van der Waals surface area contributed by atoms with Gasteiger partial charge in [-0.1, -0.05) is 35.3 Å². The number of hydrogen-bond acceptors (Lipinski definition) is 4. The van der Waals surface area contributed by atoms with Crippen molar-refractivity contribution in [1.82, 2.24) is 4.90 Å². The van der Waals surface area contributed by atoms with Crippen LogP contribution in [0.5, 0.6) is 0 Å². The van der Waals surface area contributed by atoms with E-state index in [1.54, 1.807) is 18.2 Å². The van der Waals surface area contributed by atoms with Crippen LogP contribution >= 0.6 is 23.2 Å². The van der Waals surface area contributed by atoms with Crippen molar-refractivity contribution in [2.45, 2.75) is 19.4 Å². The van der Waals surface area contributed by atoms with Gasteiger partial charge in [-0.25, -0.2) is 4.79 Å². The Balaban J connectivity index is 1.63. The average molecular weight is 421 g/mol. The number of benzene rings is 2. The molecule has 5 nitrogen and oxygen atoms in total. The first-order chi connectivity index (χ1) is 13.5. The Kier molecular flexibility index (Phi) is 6.94. The zero-order chi connectivity index (χ0) is 20.1. The summed E-state index contributed by atoms with van der Waals surface area (Å²) < 4.78 is 4.72. The highest BCUT2D eigenvalue weighted by molar-refractivity contribution is 6.33. The maximum atomic E-state index is 12.7. The lowest BCUT2D eigenvalue weighted by molar-refractivity contribution is -0.121. The molecule has 0 aromatic heterocycles. The van der Waals surface area contributed by atoms with Gasteiger partial charge in [0.25, 0.3) is 0 Å². The predicted octanol–water partition coefficient (Wildman–Crippen LogP) is 4.63. The molecule has 148 valence electrons. The second kappa shape index (κ2) is 9.41. The van der Waals surface area contributed by atoms with E-state index in [1.165, 1.54) is 7.11 Å². The quantitative estimate of drug-likeness (QED) is 0.716. The molecule has 0 bridgehead atoms. The summed E-state index contributed by atoms with van der Waals surface area (Å²) >= 11 is 12.1. The Morgan fingerprint density at radius 2 is 2.04 bits per heavy atom. The Hall–Kier alpha value is -2.08. The van der Waals surface area contributed by atoms with Crippen molar-refractivity contribution in [2.75, 3.05) is 25.5 Å². The van der Waals surface area contributed by atoms with E-state index in [1.807, 2.05) is 24.3 Å². The van der Waals surface area contributed by atoms with Gasteiger partial charge in [-0.2, -0.15) is 0 Å². The molecule has 0 radical (unpaired) electrons. The van der Waals surface area contributed by atoms with Crippen LogP contribution in [-0.2, 0) is 16.1 Å². The lowest BCUT2D eigenvalue weighted by Crippen LogP contribution is -2.40. The highest BCUT2D eigenvalue weighted by Gasteiger charge is 2.26. The fraction of sp³-hybridized carbons (Fsp3) is 0.333. The van der Waals surface area contributed by atoms with Gasteiger partial charge in [0.05, 0.1) is 23.6 Å². The van der Waals surface area contributed by atoms with Gasteiger partial charge in [0, 0.05) is 23.8 Å². The van der Waals surface area contributed by atoms with Crippen LogP contribution in [-0.4, -0.2) is 37.0 Å². The van der Waals surface area contributed by atoms with Crippen molar-refractivity contribution in [1.29, 1.82) is 0 Å². The first-order valence-corrected chi connectivity index (χ1v) is 9.87. The number of nitrogens with zero attached hydrogens (tertiary/aromatic N) is 1. The minimum absolute atomic E-state index is 0.0612. The van der Waals surface area contributed by atoms with E-state index in [9.17, 15) is 9.59 Å². The number of methoxy groups -OCH3 is 1. The van der Waals surface area contributed by atoms with E-state index in [4.69, 9.17) is 27.9 Å². The third-order valence-electron chi connectivity index (χ3n) is 4.81. The summed E-state index contributed by atoms with van der Waals surface area (Å²) in [6, 6.07) is 12.6. The molecule has 1 aliphatic heterocycles. The van der Waals surface area contributed by atoms with Crippen LogP contribution in [0.2, 0.25) is 10.0 Å². The van der Waals surface area contributed by atoms with E-state index < -0.39 is 5.97 Å². The molecule has 0 spiro atoms. The van der Waals surface area contributed by atoms with Crippen LogP contribution in [0, 0.1) is 5.92 Å². The van der Waals surface area contributed by atoms with Crippen molar-refractivity contribution in [3.8, 4) is 0 Å². The third kappa shape index (κ3) is 5.25. The molecular formula is C21H22Cl2N2O3. The molecule has 1 heterocycles. The monoisotopic (exact) mass is 420 g/mol. The van der Waals surface area contributed by atoms with Crippen LogP contribution < -0.4 is 5.32 Å². The minimum atomic E-state index is -0.536. The van der Waals surface area contributed by atoms with Gasteiger partial charge >= 0.3 is 5.97 Å². The molecule has 1 atom stereocenters. The summed E-state index contributed by atoms with van der Waals surface area (Å²) in [6.45, 7) is 2.39. The fourth-order valence-electron chi connectivity index (χ4n) is 3.42. The molecular weight excluding hydrogens is 399 g/mol. The molecule has 0 saturated carbocycles. The zero-order valence-electron chi connectivity index (χ0n) is 15.6. The van der Waals surface area contributed by atoms with E-state index in [2.05, 4.69) is 10.2 Å². The second-order valence-corrected chi connectivity index (χ2v) is 7.72. The number of rotatable bonds is 5. The number of carbonyl (C=O) groups is 2. The van der Waals surface area contributed by atoms with E-state index in [0.29, 0.717) is 17.3 Å². The van der Waals surface area contributed by atoms with Crippen LogP contribution in [0.1, 0.15) is 28.8 Å². The minimum Gasteiger partial charge on any atom is -0.465 e. The van der Waals surface area contributed by atoms with Crippen molar-refractivity contribution >= 4 is 40.8 Å². The van der Waals surface area contributed by atoms with Gasteiger partial charge in [0.2, 0.25) is 5.91 Å². The van der Waals surface area contributed by atoms with Crippen molar-refractivity contribution < 1.29 is 14.3 Å². The normalized spacial score (nSPS) is 17.2. The number of piperidine rings is 1. The number of nitrogens with one attached hydrogen (secondary N) is 1. The van der Waals surface area contributed by atoms with Gasteiger partial charge in [-0.3, -0.25) is 9.69 Å². The van der Waals surface area contributed by atoms with Crippen LogP contribution in [0.25, 0.3) is 0 Å². The Bertz CT molecular complexity index is 872. The molecule has 1 unspecified atom stereocenters. The van der Waals surface area contributed by atoms with Crippen molar-refractivity contribution in [2.24, 2.45) is 5.92 Å². The summed E-state index contributed by atoms with van der Waals surface area (Å²) in [6.07, 6.45) is 1.78. The standard InChI is InChI=1S/C21H22Cl2N2O3/c1-28-21(27)18-11-17(7-8-19(18)23)24-20(26)15-5-3-9-25(13-15)12-14-4-2-6-16(22)10-14/h2,4,6-8,10-11,15H,3,5,9,12-13H2,1H3,(H,24,26). The fourth-order valence-corrected chi connectivity index (χ4v) is 3.83. The highest BCUT2D eigenvalue weighted by atomic mass is 35.5. The third-order valence-corrected chi connectivity index (χ3v) is 5.38. The summed E-state index contributed by atoms with van der Waals surface area (Å²) in [7, 11) is 1.29. The number of carbonyl (C=O) groups excluding carboxylic acids is 2. The first kappa shape index (κ1) is 20.6. The van der Waals surface area contributed by atoms with Gasteiger partial charge < -0.3 is 10.1 Å². The summed E-state index contributed by atoms with van der Waals surface area (Å²) in [4.78, 5) is 26.8. The molecule has 1 fully saturated rings. The maximum absolute atomic E-state index is 12.7. The first-order valence-electron chi connectivity index (χ1n) is 9.12. The van der Waals surface area contributed by atoms with Crippen molar-refractivity contribution in [3.63, 3.8) is 0 Å². The van der Waals surface area contributed by atoms with Gasteiger partial charge in [-0.05, 0) is 55.3 Å². The highest BCUT2D eigenvalue weighted by Crippen LogP contribution is 2.24. The number of amides is 1. The molecule has 7 heteroatoms. The summed E-state index contributed by atoms with van der Waals surface area (Å²) in [5.74, 6) is -0.717. The van der Waals surface area contributed by atoms with Gasteiger partial charge in [-0.15, -0.1) is 0 Å². The lowest BCUT2D eigenvalue weighted by atomic mass is 9.96. The number of anilines is 1. The maximum Gasteiger partial charge on any atom is 0.339 e. The number of likely N-dealkylation sites (tertiary alicyclic amines) is 1. The molecule has 0 aliphatic carbocycles. The molecule has 2 aromatic carbocycles. The molecule has 28 heavy (non-hydrogen) atoms. The van der Waals surface area contributed by atoms with Crippen LogP contribution in [0.3, 0.4) is 0 Å². The Labute approximate surface area is 174 Å². The number of hydrogen-bond donors (Lipinski definition) is 1. The summed E-state index contributed by atoms with van der Waals surface area (Å²) in [5, 5.41) is 3.90. The molecule has 3 rings (SSSR count). The number of esters is 1. The Morgan fingerprint density at radius 3 is 2.79 bits per heavy atom. The molecule has 1 amide bonds. The number of ether oxygens (including phenoxy) is 1. The van der Waals surface area contributed by atoms with Crippen LogP contribution in [0.4, 0.5) is 5.69 Å². The molecule has 1 saturated heterocycles. The SMILES string of the molecule is COC(=O)c1cc(NC(=O)C2CCCN(Cc3cccc(Cl)c3)C2)ccc1Cl. The van der Waals surface area contributed by atoms with Gasteiger partial charge in [0.1, 0.15) is 0 Å². The largest absolute Gasteiger partial charge is 0.465 e. The molecule has 2 aromatic rings. The van der Waals surface area contributed by atoms with Crippen molar-refractivity contribution in [3.05, 3.63) is 63.6 Å². The number of halogens is 2. The van der Waals surface area contributed by atoms with E-state index in [-0.39, 0.29) is 22.4 Å². The zero-order valence-corrected chi connectivity index (χ0v) is 17.1. The van der Waals surface area contributed by atoms with Crippen LogP contribution in [0.15, 0.2) is 42.5 Å². The average Bonchev–Trinajstić information content (AvgIpc) is 2.69. The topological polar surface area (TPSA) is 58.6 Å². The summed E-state index contributed by atoms with van der Waals surface area (Å²) in [5.41, 5.74) is 1.89. The lowest BCUT2D eigenvalue weighted by Gasteiger charge is -2.32. The van der Waals surface area contributed by atoms with E-state index in [0.717, 1.165) is 31.5 Å². The second-order valence-electron chi connectivity index (χ2n) is 6.88. The van der Waals surface area contributed by atoms with E-state index >= 15 is 0 Å².